The first-order valence-electron chi connectivity index (χ1n) is 6.31. The van der Waals surface area contributed by atoms with Gasteiger partial charge >= 0.3 is 0 Å². The van der Waals surface area contributed by atoms with Gasteiger partial charge in [-0.1, -0.05) is 6.07 Å². The van der Waals surface area contributed by atoms with Crippen LogP contribution in [0.2, 0.25) is 0 Å². The van der Waals surface area contributed by atoms with Crippen molar-refractivity contribution in [2.45, 2.75) is 18.9 Å². The summed E-state index contributed by atoms with van der Waals surface area (Å²) in [4.78, 5) is 2.28. The van der Waals surface area contributed by atoms with Gasteiger partial charge < -0.3 is 14.7 Å². The molecule has 0 spiro atoms. The number of benzene rings is 1. The molecular formula is C14H18N2O2. The Morgan fingerprint density at radius 1 is 1.39 bits per heavy atom. The van der Waals surface area contributed by atoms with Gasteiger partial charge in [-0.25, -0.2) is 0 Å². The summed E-state index contributed by atoms with van der Waals surface area (Å²) in [7, 11) is 0. The Balaban J connectivity index is 1.91. The Morgan fingerprint density at radius 2 is 2.17 bits per heavy atom. The first kappa shape index (κ1) is 12.9. The maximum atomic E-state index is 8.89. The summed E-state index contributed by atoms with van der Waals surface area (Å²) in [5.74, 6) is 0. The van der Waals surface area contributed by atoms with Crippen molar-refractivity contribution in [3.8, 4) is 6.07 Å². The van der Waals surface area contributed by atoms with Gasteiger partial charge in [0.15, 0.2) is 0 Å². The van der Waals surface area contributed by atoms with E-state index in [2.05, 4.69) is 11.0 Å². The van der Waals surface area contributed by atoms with E-state index in [1.807, 2.05) is 24.3 Å². The fourth-order valence-corrected chi connectivity index (χ4v) is 2.27. The molecule has 0 atom stereocenters. The van der Waals surface area contributed by atoms with Gasteiger partial charge in [0.25, 0.3) is 0 Å². The van der Waals surface area contributed by atoms with Crippen LogP contribution in [-0.2, 0) is 4.74 Å². The lowest BCUT2D eigenvalue weighted by Gasteiger charge is -2.33. The molecule has 18 heavy (non-hydrogen) atoms. The van der Waals surface area contributed by atoms with Crippen molar-refractivity contribution in [3.63, 3.8) is 0 Å². The molecule has 0 saturated carbocycles. The third-order valence-electron chi connectivity index (χ3n) is 3.23. The number of nitriles is 1. The molecule has 1 saturated heterocycles. The molecule has 0 aliphatic carbocycles. The minimum Gasteiger partial charge on any atom is -0.394 e. The predicted octanol–water partition coefficient (Wildman–Crippen LogP) is 1.54. The second-order valence-corrected chi connectivity index (χ2v) is 4.44. The summed E-state index contributed by atoms with van der Waals surface area (Å²) in [6.45, 7) is 2.38. The maximum Gasteiger partial charge on any atom is 0.0992 e. The number of hydrogen-bond acceptors (Lipinski definition) is 4. The zero-order valence-electron chi connectivity index (χ0n) is 10.4. The van der Waals surface area contributed by atoms with Gasteiger partial charge in [-0.05, 0) is 31.0 Å². The Bertz CT molecular complexity index is 420. The van der Waals surface area contributed by atoms with Gasteiger partial charge in [-0.2, -0.15) is 5.26 Å². The number of aliphatic hydroxyl groups excluding tert-OH is 1. The zero-order chi connectivity index (χ0) is 12.8. The molecule has 0 bridgehead atoms. The molecule has 1 fully saturated rings. The van der Waals surface area contributed by atoms with E-state index in [9.17, 15) is 0 Å². The zero-order valence-corrected chi connectivity index (χ0v) is 10.4. The highest BCUT2D eigenvalue weighted by Crippen LogP contribution is 2.22. The van der Waals surface area contributed by atoms with Gasteiger partial charge in [0.1, 0.15) is 0 Å². The molecule has 1 aliphatic rings. The second-order valence-electron chi connectivity index (χ2n) is 4.44. The largest absolute Gasteiger partial charge is 0.394 e. The van der Waals surface area contributed by atoms with Crippen LogP contribution in [0, 0.1) is 11.3 Å². The summed E-state index contributed by atoms with van der Waals surface area (Å²) in [6, 6.07) is 9.87. The monoisotopic (exact) mass is 246 g/mol. The molecule has 1 aromatic rings. The normalized spacial score (nSPS) is 16.6. The van der Waals surface area contributed by atoms with Crippen molar-refractivity contribution in [2.24, 2.45) is 0 Å². The number of nitrogens with zero attached hydrogens (tertiary/aromatic N) is 2. The van der Waals surface area contributed by atoms with Gasteiger partial charge in [-0.3, -0.25) is 0 Å². The molecule has 4 heteroatoms. The van der Waals surface area contributed by atoms with Crippen molar-refractivity contribution < 1.29 is 9.84 Å². The number of hydrogen-bond donors (Lipinski definition) is 1. The number of ether oxygens (including phenoxy) is 1. The van der Waals surface area contributed by atoms with Crippen molar-refractivity contribution in [2.75, 3.05) is 31.2 Å². The van der Waals surface area contributed by atoms with Crippen LogP contribution >= 0.6 is 0 Å². The molecule has 1 aliphatic heterocycles. The van der Waals surface area contributed by atoms with E-state index >= 15 is 0 Å². The molecule has 0 unspecified atom stereocenters. The average molecular weight is 246 g/mol. The van der Waals surface area contributed by atoms with Gasteiger partial charge in [0, 0.05) is 18.8 Å². The minimum atomic E-state index is 0.0877. The van der Waals surface area contributed by atoms with Crippen molar-refractivity contribution in [1.29, 1.82) is 5.26 Å². The fourth-order valence-electron chi connectivity index (χ4n) is 2.27. The predicted molar refractivity (Wildman–Crippen MR) is 69.4 cm³/mol. The molecule has 1 N–H and O–H groups in total. The first-order valence-corrected chi connectivity index (χ1v) is 6.31. The van der Waals surface area contributed by atoms with Crippen LogP contribution in [0.15, 0.2) is 24.3 Å². The lowest BCUT2D eigenvalue weighted by molar-refractivity contribution is 0.0159. The van der Waals surface area contributed by atoms with Crippen LogP contribution in [0.3, 0.4) is 0 Å². The van der Waals surface area contributed by atoms with Crippen LogP contribution in [0.5, 0.6) is 0 Å². The smallest absolute Gasteiger partial charge is 0.0992 e. The summed E-state index contributed by atoms with van der Waals surface area (Å²) in [5.41, 5.74) is 1.81. The lowest BCUT2D eigenvalue weighted by Crippen LogP contribution is -2.37. The van der Waals surface area contributed by atoms with Crippen LogP contribution in [0.4, 0.5) is 5.69 Å². The Hall–Kier alpha value is -1.57. The van der Waals surface area contributed by atoms with Crippen LogP contribution in [0.1, 0.15) is 18.4 Å². The van der Waals surface area contributed by atoms with Crippen molar-refractivity contribution in [1.82, 2.24) is 0 Å². The standard InChI is InChI=1S/C14H18N2O2/c15-11-12-2-1-3-13(10-12)16-6-4-14(5-7-16)18-9-8-17/h1-3,10,14,17H,4-9H2. The van der Waals surface area contributed by atoms with Crippen LogP contribution in [-0.4, -0.2) is 37.5 Å². The van der Waals surface area contributed by atoms with E-state index < -0.39 is 0 Å². The topological polar surface area (TPSA) is 56.5 Å². The van der Waals surface area contributed by atoms with Crippen molar-refractivity contribution >= 4 is 5.69 Å². The quantitative estimate of drug-likeness (QED) is 0.875. The molecule has 4 nitrogen and oxygen atoms in total. The molecular weight excluding hydrogens is 228 g/mol. The Kier molecular flexibility index (Phi) is 4.57. The van der Waals surface area contributed by atoms with Crippen LogP contribution < -0.4 is 4.90 Å². The highest BCUT2D eigenvalue weighted by atomic mass is 16.5. The van der Waals surface area contributed by atoms with E-state index in [1.54, 1.807) is 0 Å². The highest BCUT2D eigenvalue weighted by Gasteiger charge is 2.19. The summed E-state index contributed by atoms with van der Waals surface area (Å²) in [6.07, 6.45) is 2.20. The van der Waals surface area contributed by atoms with Crippen LogP contribution in [0.25, 0.3) is 0 Å². The first-order chi connectivity index (χ1) is 8.83. The maximum absolute atomic E-state index is 8.89. The van der Waals surface area contributed by atoms with E-state index in [1.165, 1.54) is 0 Å². The Morgan fingerprint density at radius 3 is 2.83 bits per heavy atom. The second kappa shape index (κ2) is 6.39. The number of piperidine rings is 1. The van der Waals surface area contributed by atoms with Crippen molar-refractivity contribution in [3.05, 3.63) is 29.8 Å². The van der Waals surface area contributed by atoms with Gasteiger partial charge in [-0.15, -0.1) is 0 Å². The van der Waals surface area contributed by atoms with E-state index in [0.29, 0.717) is 12.2 Å². The minimum absolute atomic E-state index is 0.0877. The van der Waals surface area contributed by atoms with E-state index in [-0.39, 0.29) is 12.7 Å². The number of rotatable bonds is 4. The van der Waals surface area contributed by atoms with Gasteiger partial charge in [0.2, 0.25) is 0 Å². The molecule has 1 aromatic carbocycles. The van der Waals surface area contributed by atoms with E-state index in [4.69, 9.17) is 15.1 Å². The molecule has 96 valence electrons. The Labute approximate surface area is 107 Å². The molecule has 2 rings (SSSR count). The fraction of sp³-hybridized carbons (Fsp3) is 0.500. The molecule has 0 aromatic heterocycles. The molecule has 0 radical (unpaired) electrons. The SMILES string of the molecule is N#Cc1cccc(N2CCC(OCCO)CC2)c1. The molecule has 0 amide bonds. The number of aliphatic hydroxyl groups is 1. The molecule has 1 heterocycles. The third-order valence-corrected chi connectivity index (χ3v) is 3.23. The summed E-state index contributed by atoms with van der Waals surface area (Å²) < 4.78 is 5.53. The third kappa shape index (κ3) is 3.22. The van der Waals surface area contributed by atoms with E-state index in [0.717, 1.165) is 31.6 Å². The highest BCUT2D eigenvalue weighted by molar-refractivity contribution is 5.51. The van der Waals surface area contributed by atoms with Gasteiger partial charge in [0.05, 0.1) is 31.0 Å². The average Bonchev–Trinajstić information content (AvgIpc) is 2.46. The lowest BCUT2D eigenvalue weighted by atomic mass is 10.1. The summed E-state index contributed by atoms with van der Waals surface area (Å²) in [5, 5.41) is 17.6. The summed E-state index contributed by atoms with van der Waals surface area (Å²) >= 11 is 0. The number of anilines is 1.